The lowest BCUT2D eigenvalue weighted by molar-refractivity contribution is -0.158. The van der Waals surface area contributed by atoms with E-state index in [9.17, 15) is 22.4 Å². The number of benzene rings is 1. The highest BCUT2D eigenvalue weighted by molar-refractivity contribution is 7.99. The second-order valence-corrected chi connectivity index (χ2v) is 5.22. The molecule has 3 nitrogen and oxygen atoms in total. The van der Waals surface area contributed by atoms with Crippen LogP contribution in [0.25, 0.3) is 0 Å². The third-order valence-electron chi connectivity index (χ3n) is 2.68. The van der Waals surface area contributed by atoms with Gasteiger partial charge in [0.2, 0.25) is 0 Å². The van der Waals surface area contributed by atoms with Gasteiger partial charge in [-0.1, -0.05) is 23.9 Å². The van der Waals surface area contributed by atoms with E-state index in [1.807, 2.05) is 0 Å². The van der Waals surface area contributed by atoms with E-state index in [2.05, 4.69) is 10.1 Å². The number of ether oxygens (including phenoxy) is 1. The second-order valence-electron chi connectivity index (χ2n) is 4.19. The molecule has 0 spiro atoms. The van der Waals surface area contributed by atoms with Crippen molar-refractivity contribution in [2.75, 3.05) is 11.9 Å². The molecule has 1 fully saturated rings. The SMILES string of the molecule is O=C1OC(CNc2ccccc2SC(F)F)CC1(F)F. The molecule has 1 saturated heterocycles. The summed E-state index contributed by atoms with van der Waals surface area (Å²) in [5.74, 6) is -7.59. The summed E-state index contributed by atoms with van der Waals surface area (Å²) in [6, 6.07) is 6.28. The summed E-state index contributed by atoms with van der Waals surface area (Å²) >= 11 is 0.356. The van der Waals surface area contributed by atoms with Crippen LogP contribution in [0, 0.1) is 0 Å². The normalized spacial score (nSPS) is 21.1. The molecule has 1 atom stereocenters. The van der Waals surface area contributed by atoms with Crippen LogP contribution in [-0.2, 0) is 9.53 Å². The van der Waals surface area contributed by atoms with Crippen LogP contribution in [0.5, 0.6) is 0 Å². The van der Waals surface area contributed by atoms with Gasteiger partial charge < -0.3 is 10.1 Å². The Kier molecular flexibility index (Phi) is 4.42. The summed E-state index contributed by atoms with van der Waals surface area (Å²) in [5, 5.41) is 2.75. The first-order valence-corrected chi connectivity index (χ1v) is 6.63. The molecule has 0 aromatic heterocycles. The number of hydrogen-bond acceptors (Lipinski definition) is 4. The summed E-state index contributed by atoms with van der Waals surface area (Å²) in [7, 11) is 0. The van der Waals surface area contributed by atoms with Crippen molar-refractivity contribution in [3.63, 3.8) is 0 Å². The molecule has 0 radical (unpaired) electrons. The maximum absolute atomic E-state index is 13.0. The standard InChI is InChI=1S/C12H11F4NO2S/c13-11(14)20-9-4-2-1-3-8(9)17-6-7-5-12(15,16)10(18)19-7/h1-4,7,11,17H,5-6H2. The van der Waals surface area contributed by atoms with E-state index >= 15 is 0 Å². The molecule has 8 heteroatoms. The van der Waals surface area contributed by atoms with Crippen LogP contribution in [0.4, 0.5) is 23.2 Å². The molecular formula is C12H11F4NO2S. The van der Waals surface area contributed by atoms with Crippen LogP contribution in [0.2, 0.25) is 0 Å². The summed E-state index contributed by atoms with van der Waals surface area (Å²) in [5.41, 5.74) is 0.393. The van der Waals surface area contributed by atoms with Crippen LogP contribution in [0.15, 0.2) is 29.2 Å². The number of alkyl halides is 4. The molecular weight excluding hydrogens is 298 g/mol. The Balaban J connectivity index is 1.96. The molecule has 0 aliphatic carbocycles. The van der Waals surface area contributed by atoms with E-state index in [0.717, 1.165) is 0 Å². The number of rotatable bonds is 5. The molecule has 110 valence electrons. The van der Waals surface area contributed by atoms with Gasteiger partial charge in [-0.3, -0.25) is 0 Å². The topological polar surface area (TPSA) is 38.3 Å². The molecule has 0 bridgehead atoms. The zero-order valence-corrected chi connectivity index (χ0v) is 10.9. The van der Waals surface area contributed by atoms with E-state index in [1.165, 1.54) is 6.07 Å². The zero-order valence-electron chi connectivity index (χ0n) is 10.1. The Hall–Kier alpha value is -1.44. The summed E-state index contributed by atoms with van der Waals surface area (Å²) in [4.78, 5) is 11.1. The zero-order chi connectivity index (χ0) is 14.8. The molecule has 1 heterocycles. The fourth-order valence-corrected chi connectivity index (χ4v) is 2.41. The number of cyclic esters (lactones) is 1. The van der Waals surface area contributed by atoms with Crippen LogP contribution in [0.1, 0.15) is 6.42 Å². The first-order chi connectivity index (χ1) is 9.38. The molecule has 1 aromatic rings. The molecule has 1 unspecified atom stereocenters. The minimum atomic E-state index is -3.47. The third kappa shape index (κ3) is 3.56. The van der Waals surface area contributed by atoms with Gasteiger partial charge >= 0.3 is 11.9 Å². The van der Waals surface area contributed by atoms with E-state index in [1.54, 1.807) is 18.2 Å². The monoisotopic (exact) mass is 309 g/mol. The molecule has 1 aliphatic rings. The van der Waals surface area contributed by atoms with Gasteiger partial charge in [0, 0.05) is 10.6 Å². The predicted octanol–water partition coefficient (Wildman–Crippen LogP) is 3.36. The van der Waals surface area contributed by atoms with Crippen molar-refractivity contribution in [3.8, 4) is 0 Å². The van der Waals surface area contributed by atoms with Crippen molar-refractivity contribution >= 4 is 23.4 Å². The van der Waals surface area contributed by atoms with Crippen LogP contribution < -0.4 is 5.32 Å². The number of para-hydroxylation sites is 1. The Morgan fingerprint density at radius 2 is 2.10 bits per heavy atom. The fourth-order valence-electron chi connectivity index (χ4n) is 1.80. The number of carbonyl (C=O) groups is 1. The Morgan fingerprint density at radius 3 is 2.70 bits per heavy atom. The number of nitrogens with one attached hydrogen (secondary N) is 1. The van der Waals surface area contributed by atoms with Crippen LogP contribution >= 0.6 is 11.8 Å². The number of hydrogen-bond donors (Lipinski definition) is 1. The summed E-state index contributed by atoms with van der Waals surface area (Å²) in [6.07, 6.45) is -1.68. The molecule has 1 aliphatic heterocycles. The molecule has 0 saturated carbocycles. The number of anilines is 1. The van der Waals surface area contributed by atoms with E-state index < -0.39 is 30.2 Å². The number of carbonyl (C=O) groups excluding carboxylic acids is 1. The maximum Gasteiger partial charge on any atom is 0.377 e. The lowest BCUT2D eigenvalue weighted by atomic mass is 10.2. The first kappa shape index (κ1) is 15.0. The van der Waals surface area contributed by atoms with Gasteiger partial charge in [0.05, 0.1) is 13.0 Å². The van der Waals surface area contributed by atoms with Crippen molar-refractivity contribution < 1.29 is 27.1 Å². The number of esters is 1. The van der Waals surface area contributed by atoms with Crippen molar-refractivity contribution in [2.45, 2.75) is 29.1 Å². The van der Waals surface area contributed by atoms with Gasteiger partial charge in [-0.2, -0.15) is 17.6 Å². The van der Waals surface area contributed by atoms with Gasteiger partial charge in [0.15, 0.2) is 0 Å². The molecule has 2 rings (SSSR count). The van der Waals surface area contributed by atoms with Gasteiger partial charge in [0.1, 0.15) is 6.10 Å². The smallest absolute Gasteiger partial charge is 0.377 e. The maximum atomic E-state index is 13.0. The highest BCUT2D eigenvalue weighted by Crippen LogP contribution is 2.33. The van der Waals surface area contributed by atoms with Crippen molar-refractivity contribution in [3.05, 3.63) is 24.3 Å². The molecule has 20 heavy (non-hydrogen) atoms. The Morgan fingerprint density at radius 1 is 1.40 bits per heavy atom. The Bertz CT molecular complexity index is 498. The van der Waals surface area contributed by atoms with Gasteiger partial charge in [-0.25, -0.2) is 4.79 Å². The highest BCUT2D eigenvalue weighted by Gasteiger charge is 2.50. The molecule has 1 aromatic carbocycles. The summed E-state index contributed by atoms with van der Waals surface area (Å²) < 4.78 is 55.2. The van der Waals surface area contributed by atoms with Crippen molar-refractivity contribution in [1.82, 2.24) is 0 Å². The molecule has 0 amide bonds. The van der Waals surface area contributed by atoms with Gasteiger partial charge in [-0.15, -0.1) is 0 Å². The fraction of sp³-hybridized carbons (Fsp3) is 0.417. The second kappa shape index (κ2) is 5.90. The van der Waals surface area contributed by atoms with Crippen molar-refractivity contribution in [2.24, 2.45) is 0 Å². The minimum absolute atomic E-state index is 0.0534. The summed E-state index contributed by atoms with van der Waals surface area (Å²) in [6.45, 7) is -0.0534. The number of halogens is 4. The highest BCUT2D eigenvalue weighted by atomic mass is 32.2. The Labute approximate surface area is 116 Å². The van der Waals surface area contributed by atoms with Crippen LogP contribution in [-0.4, -0.2) is 30.3 Å². The quantitative estimate of drug-likeness (QED) is 0.514. The van der Waals surface area contributed by atoms with Gasteiger partial charge in [-0.05, 0) is 12.1 Å². The van der Waals surface area contributed by atoms with E-state index in [4.69, 9.17) is 0 Å². The average Bonchev–Trinajstić information content (AvgIpc) is 2.61. The van der Waals surface area contributed by atoms with E-state index in [-0.39, 0.29) is 6.54 Å². The lowest BCUT2D eigenvalue weighted by Gasteiger charge is -2.14. The minimum Gasteiger partial charge on any atom is -0.456 e. The third-order valence-corrected chi connectivity index (χ3v) is 3.47. The largest absolute Gasteiger partial charge is 0.456 e. The van der Waals surface area contributed by atoms with Crippen LogP contribution in [0.3, 0.4) is 0 Å². The lowest BCUT2D eigenvalue weighted by Crippen LogP contribution is -2.22. The van der Waals surface area contributed by atoms with Crippen molar-refractivity contribution in [1.29, 1.82) is 0 Å². The first-order valence-electron chi connectivity index (χ1n) is 5.75. The van der Waals surface area contributed by atoms with Gasteiger partial charge in [0.25, 0.3) is 5.76 Å². The van der Waals surface area contributed by atoms with E-state index in [0.29, 0.717) is 22.3 Å². The molecule has 1 N–H and O–H groups in total. The average molecular weight is 309 g/mol. The predicted molar refractivity (Wildman–Crippen MR) is 66.2 cm³/mol. The number of thioether (sulfide) groups is 1.